The van der Waals surface area contributed by atoms with Crippen molar-refractivity contribution >= 4 is 41.7 Å². The summed E-state index contributed by atoms with van der Waals surface area (Å²) in [6, 6.07) is 4.26. The van der Waals surface area contributed by atoms with E-state index in [0.717, 1.165) is 68.8 Å². The minimum absolute atomic E-state index is 0. The van der Waals surface area contributed by atoms with Gasteiger partial charge >= 0.3 is 0 Å². The minimum Gasteiger partial charge on any atom is -0.370 e. The molecule has 2 aliphatic heterocycles. The minimum atomic E-state index is -0.215. The highest BCUT2D eigenvalue weighted by atomic mass is 127. The molecule has 3 N–H and O–H groups in total. The summed E-state index contributed by atoms with van der Waals surface area (Å²) in [5.41, 5.74) is 6.51. The molecular weight excluding hydrogens is 491 g/mol. The number of nitrogens with one attached hydrogen (secondary N) is 1. The number of guanidine groups is 1. The normalized spacial score (nSPS) is 20.6. The summed E-state index contributed by atoms with van der Waals surface area (Å²) in [5, 5.41) is 3.39. The smallest absolute Gasteiger partial charge is 0.217 e. The van der Waals surface area contributed by atoms with Crippen molar-refractivity contribution in [3.8, 4) is 0 Å². The molecule has 0 bridgehead atoms. The van der Waals surface area contributed by atoms with Crippen LogP contribution >= 0.6 is 24.0 Å². The molecule has 1 aromatic heterocycles. The average molecular weight is 528 g/mol. The van der Waals surface area contributed by atoms with Gasteiger partial charge in [0.2, 0.25) is 5.91 Å². The van der Waals surface area contributed by atoms with Crippen molar-refractivity contribution < 1.29 is 4.79 Å². The highest BCUT2D eigenvalue weighted by molar-refractivity contribution is 14.0. The number of carbonyl (C=O) groups is 1. The molecule has 0 aromatic carbocycles. The molecule has 2 aliphatic rings. The van der Waals surface area contributed by atoms with E-state index in [1.807, 2.05) is 6.20 Å². The molecule has 0 saturated carbocycles. The number of nitrogens with two attached hydrogens (primary N) is 1. The predicted octanol–water partition coefficient (Wildman–Crippen LogP) is 2.99. The van der Waals surface area contributed by atoms with Crippen LogP contribution in [0.3, 0.4) is 0 Å². The van der Waals surface area contributed by atoms with Crippen LogP contribution in [0.4, 0.5) is 5.82 Å². The number of carbonyl (C=O) groups excluding carboxylic acids is 1. The number of hydrogen-bond acceptors (Lipinski definition) is 4. The Balaban J connectivity index is 0.00000320. The van der Waals surface area contributed by atoms with Crippen molar-refractivity contribution in [1.29, 1.82) is 0 Å². The van der Waals surface area contributed by atoms with Gasteiger partial charge in [-0.15, -0.1) is 24.0 Å². The highest BCUT2D eigenvalue weighted by Gasteiger charge is 2.23. The lowest BCUT2D eigenvalue weighted by Crippen LogP contribution is -2.47. The first-order valence-electron chi connectivity index (χ1n) is 11.1. The number of anilines is 1. The molecule has 168 valence electrons. The molecule has 1 atom stereocenters. The first-order valence-corrected chi connectivity index (χ1v) is 11.1. The van der Waals surface area contributed by atoms with E-state index >= 15 is 0 Å². The monoisotopic (exact) mass is 528 g/mol. The fraction of sp³-hybridized carbons (Fsp3) is 0.682. The van der Waals surface area contributed by atoms with E-state index in [-0.39, 0.29) is 29.9 Å². The number of aliphatic imine (C=N–C) groups is 1. The molecule has 1 amide bonds. The number of amides is 1. The number of nitrogens with zero attached hydrogens (tertiary/aromatic N) is 4. The van der Waals surface area contributed by atoms with Gasteiger partial charge in [-0.2, -0.15) is 0 Å². The Kier molecular flexibility index (Phi) is 10.1. The van der Waals surface area contributed by atoms with E-state index in [4.69, 9.17) is 10.7 Å². The van der Waals surface area contributed by atoms with E-state index < -0.39 is 0 Å². The molecule has 7 nitrogen and oxygen atoms in total. The Morgan fingerprint density at radius 2 is 2.03 bits per heavy atom. The number of rotatable bonds is 6. The van der Waals surface area contributed by atoms with Crippen LogP contribution in [0.15, 0.2) is 23.3 Å². The van der Waals surface area contributed by atoms with Gasteiger partial charge < -0.3 is 20.9 Å². The molecule has 2 fully saturated rings. The van der Waals surface area contributed by atoms with Crippen LogP contribution in [0.5, 0.6) is 0 Å². The number of pyridine rings is 1. The summed E-state index contributed by atoms with van der Waals surface area (Å²) in [5.74, 6) is 2.91. The molecule has 0 aliphatic carbocycles. The average Bonchev–Trinajstić information content (AvgIpc) is 2.72. The van der Waals surface area contributed by atoms with Crippen molar-refractivity contribution in [2.45, 2.75) is 52.5 Å². The number of hydrogen-bond donors (Lipinski definition) is 2. The maximum atomic E-state index is 11.3. The van der Waals surface area contributed by atoms with Crippen molar-refractivity contribution in [3.05, 3.63) is 23.9 Å². The van der Waals surface area contributed by atoms with Crippen LogP contribution in [0.2, 0.25) is 0 Å². The first kappa shape index (κ1) is 24.7. The quantitative estimate of drug-likeness (QED) is 0.337. The summed E-state index contributed by atoms with van der Waals surface area (Å²) < 4.78 is 0. The summed E-state index contributed by atoms with van der Waals surface area (Å²) in [4.78, 5) is 25.4. The molecular formula is C22H37IN6O. The maximum Gasteiger partial charge on any atom is 0.217 e. The lowest BCUT2D eigenvalue weighted by Gasteiger charge is -2.34. The lowest BCUT2D eigenvalue weighted by molar-refractivity contribution is -0.119. The number of halogens is 1. The fourth-order valence-electron chi connectivity index (χ4n) is 4.24. The maximum absolute atomic E-state index is 11.3. The Hall–Kier alpha value is -1.58. The van der Waals surface area contributed by atoms with E-state index in [9.17, 15) is 4.79 Å². The largest absolute Gasteiger partial charge is 0.370 e. The lowest BCUT2D eigenvalue weighted by atomic mass is 9.95. The van der Waals surface area contributed by atoms with E-state index in [1.165, 1.54) is 12.8 Å². The Morgan fingerprint density at radius 1 is 1.27 bits per heavy atom. The molecule has 3 heterocycles. The van der Waals surface area contributed by atoms with Gasteiger partial charge in [-0.25, -0.2) is 9.98 Å². The van der Waals surface area contributed by atoms with Crippen LogP contribution in [-0.2, 0) is 11.3 Å². The van der Waals surface area contributed by atoms with Crippen LogP contribution < -0.4 is 16.0 Å². The Morgan fingerprint density at radius 3 is 2.67 bits per heavy atom. The molecule has 0 spiro atoms. The Labute approximate surface area is 197 Å². The van der Waals surface area contributed by atoms with Gasteiger partial charge in [0.05, 0.1) is 6.54 Å². The summed E-state index contributed by atoms with van der Waals surface area (Å²) in [7, 11) is 0. The second-order valence-electron chi connectivity index (χ2n) is 8.49. The molecule has 8 heteroatoms. The number of piperidine rings is 2. The Bertz CT molecular complexity index is 687. The number of aromatic nitrogens is 1. The molecule has 3 rings (SSSR count). The summed E-state index contributed by atoms with van der Waals surface area (Å²) in [6.07, 6.45) is 7.01. The summed E-state index contributed by atoms with van der Waals surface area (Å²) >= 11 is 0. The van der Waals surface area contributed by atoms with Crippen LogP contribution in [0.25, 0.3) is 0 Å². The molecule has 30 heavy (non-hydrogen) atoms. The van der Waals surface area contributed by atoms with Gasteiger partial charge in [0, 0.05) is 45.3 Å². The van der Waals surface area contributed by atoms with Crippen molar-refractivity contribution in [2.24, 2.45) is 22.6 Å². The number of likely N-dealkylation sites (tertiary alicyclic amines) is 1. The molecule has 1 aromatic rings. The van der Waals surface area contributed by atoms with Gasteiger partial charge in [0.25, 0.3) is 0 Å². The van der Waals surface area contributed by atoms with E-state index in [1.54, 1.807) is 0 Å². The van der Waals surface area contributed by atoms with Crippen molar-refractivity contribution in [1.82, 2.24) is 15.2 Å². The van der Waals surface area contributed by atoms with Crippen molar-refractivity contribution in [3.63, 3.8) is 0 Å². The predicted molar refractivity (Wildman–Crippen MR) is 133 cm³/mol. The zero-order valence-electron chi connectivity index (χ0n) is 18.3. The first-order chi connectivity index (χ1) is 14.0. The van der Waals surface area contributed by atoms with Gasteiger partial charge in [0.1, 0.15) is 5.82 Å². The zero-order valence-corrected chi connectivity index (χ0v) is 20.7. The third-order valence-corrected chi connectivity index (χ3v) is 5.97. The third-order valence-electron chi connectivity index (χ3n) is 5.97. The topological polar surface area (TPSA) is 86.8 Å². The second kappa shape index (κ2) is 12.3. The third kappa shape index (κ3) is 7.28. The molecule has 1 unspecified atom stereocenters. The van der Waals surface area contributed by atoms with Crippen LogP contribution in [-0.4, -0.2) is 54.5 Å². The fourth-order valence-corrected chi connectivity index (χ4v) is 4.24. The van der Waals surface area contributed by atoms with Gasteiger partial charge in [-0.1, -0.05) is 13.0 Å². The van der Waals surface area contributed by atoms with E-state index in [0.29, 0.717) is 18.9 Å². The molecule has 2 saturated heterocycles. The van der Waals surface area contributed by atoms with Gasteiger partial charge in [0.15, 0.2) is 5.96 Å². The van der Waals surface area contributed by atoms with Crippen molar-refractivity contribution in [2.75, 3.05) is 37.6 Å². The highest BCUT2D eigenvalue weighted by Crippen LogP contribution is 2.22. The SMILES string of the molecule is CCNC(=NCc1ccc(N2CCC(C)CC2)nc1)N1CCCC(CC(N)=O)C1.I. The molecule has 0 radical (unpaired) electrons. The number of primary amides is 1. The van der Waals surface area contributed by atoms with Crippen LogP contribution in [0, 0.1) is 11.8 Å². The van der Waals surface area contributed by atoms with Crippen LogP contribution in [0.1, 0.15) is 51.5 Å². The summed E-state index contributed by atoms with van der Waals surface area (Å²) in [6.45, 7) is 9.81. The zero-order chi connectivity index (χ0) is 20.6. The standard InChI is InChI=1S/C22H36N6O.HI/c1-3-24-22(28-10-4-5-18(16-28)13-20(23)29)26-15-19-6-7-21(25-14-19)27-11-8-17(2)9-12-27;/h6-7,14,17-18H,3-5,8-13,15-16H2,1-2H3,(H2,23,29)(H,24,26);1H. The van der Waals surface area contributed by atoms with E-state index in [2.05, 4.69) is 46.1 Å². The van der Waals surface area contributed by atoms with Gasteiger partial charge in [-0.05, 0) is 56.1 Å². The second-order valence-corrected chi connectivity index (χ2v) is 8.49. The van der Waals surface area contributed by atoms with Gasteiger partial charge in [-0.3, -0.25) is 4.79 Å².